The van der Waals surface area contributed by atoms with Crippen LogP contribution in [-0.4, -0.2) is 42.1 Å². The second kappa shape index (κ2) is 6.19. The molecule has 84 valence electrons. The number of alkyl halides is 2. The highest BCUT2D eigenvalue weighted by Crippen LogP contribution is 1.99. The third-order valence-corrected chi connectivity index (χ3v) is 2.23. The van der Waals surface area contributed by atoms with Crippen molar-refractivity contribution in [3.8, 4) is 0 Å². The summed E-state index contributed by atoms with van der Waals surface area (Å²) in [5, 5.41) is 2.48. The van der Waals surface area contributed by atoms with Crippen LogP contribution in [-0.2, 0) is 4.79 Å². The highest BCUT2D eigenvalue weighted by Gasteiger charge is 2.17. The first kappa shape index (κ1) is 13.7. The van der Waals surface area contributed by atoms with Gasteiger partial charge in [-0.2, -0.15) is 0 Å². The summed E-state index contributed by atoms with van der Waals surface area (Å²) in [6, 6.07) is 0.290. The van der Waals surface area contributed by atoms with E-state index in [-0.39, 0.29) is 6.04 Å². The Morgan fingerprint density at radius 1 is 1.50 bits per heavy atom. The predicted octanol–water partition coefficient (Wildman–Crippen LogP) is 1.37. The maximum absolute atomic E-state index is 12.3. The smallest absolute Gasteiger partial charge is 0.270 e. The molecule has 0 fully saturated rings. The van der Waals surface area contributed by atoms with E-state index in [1.54, 1.807) is 0 Å². The summed E-state index contributed by atoms with van der Waals surface area (Å²) in [4.78, 5) is 12.9. The van der Waals surface area contributed by atoms with E-state index < -0.39 is 11.5 Å². The summed E-state index contributed by atoms with van der Waals surface area (Å²) in [6.07, 6.45) is 0. The molecule has 0 spiro atoms. The molecule has 0 saturated carbocycles. The second-order valence-electron chi connectivity index (χ2n) is 3.74. The van der Waals surface area contributed by atoms with Crippen LogP contribution in [0.15, 0.2) is 0 Å². The Labute approximate surface area is 89.6 Å². The minimum absolute atomic E-state index is 0.105. The van der Waals surface area contributed by atoms with Crippen molar-refractivity contribution in [1.29, 1.82) is 0 Å². The topological polar surface area (TPSA) is 32.3 Å². The molecule has 3 nitrogen and oxygen atoms in total. The van der Waals surface area contributed by atoms with Crippen molar-refractivity contribution in [2.24, 2.45) is 0 Å². The van der Waals surface area contributed by atoms with Gasteiger partial charge in [-0.15, -0.1) is 0 Å². The second-order valence-corrected chi connectivity index (χ2v) is 4.13. The molecule has 0 aliphatic heterocycles. The van der Waals surface area contributed by atoms with Gasteiger partial charge in [0.1, 0.15) is 0 Å². The first-order chi connectivity index (χ1) is 6.34. The molecule has 0 aromatic heterocycles. The normalized spacial score (nSPS) is 15.7. The standard InChI is InChI=1S/C9H18ClFN2O/c1-6(2)13(4)5-7(3)12-9(14)8(10)11/h6-8H,5H2,1-4H3,(H,12,14)/t7-,8?/m1/s1. The van der Waals surface area contributed by atoms with E-state index >= 15 is 0 Å². The molecule has 0 bridgehead atoms. The number of amides is 1. The summed E-state index contributed by atoms with van der Waals surface area (Å²) in [5.41, 5.74) is -1.96. The molecule has 0 aliphatic carbocycles. The average Bonchev–Trinajstić information content (AvgIpc) is 2.03. The number of nitrogens with one attached hydrogen (secondary N) is 1. The van der Waals surface area contributed by atoms with E-state index in [1.807, 2.05) is 27.8 Å². The fraction of sp³-hybridized carbons (Fsp3) is 0.889. The SMILES string of the molecule is CC(C)N(C)C[C@@H](C)NC(=O)C(F)Cl. The molecular formula is C9H18ClFN2O. The van der Waals surface area contributed by atoms with Crippen LogP contribution in [0.25, 0.3) is 0 Å². The van der Waals surface area contributed by atoms with Crippen molar-refractivity contribution in [3.63, 3.8) is 0 Å². The van der Waals surface area contributed by atoms with Gasteiger partial charge in [0.15, 0.2) is 0 Å². The maximum atomic E-state index is 12.3. The lowest BCUT2D eigenvalue weighted by Gasteiger charge is -2.25. The van der Waals surface area contributed by atoms with Crippen LogP contribution in [0.2, 0.25) is 0 Å². The van der Waals surface area contributed by atoms with Crippen LogP contribution in [0, 0.1) is 0 Å². The monoisotopic (exact) mass is 224 g/mol. The van der Waals surface area contributed by atoms with Gasteiger partial charge in [-0.25, -0.2) is 4.39 Å². The Morgan fingerprint density at radius 3 is 2.36 bits per heavy atom. The molecule has 2 atom stereocenters. The predicted molar refractivity (Wildman–Crippen MR) is 56.1 cm³/mol. The van der Waals surface area contributed by atoms with Gasteiger partial charge in [-0.05, 0) is 27.8 Å². The molecule has 0 aromatic carbocycles. The molecule has 5 heteroatoms. The summed E-state index contributed by atoms with van der Waals surface area (Å²) in [6.45, 7) is 6.59. The van der Waals surface area contributed by atoms with Gasteiger partial charge >= 0.3 is 0 Å². The molecule has 0 aromatic rings. The van der Waals surface area contributed by atoms with Crippen molar-refractivity contribution in [1.82, 2.24) is 10.2 Å². The number of halogens is 2. The number of carbonyl (C=O) groups excluding carboxylic acids is 1. The van der Waals surface area contributed by atoms with Crippen LogP contribution in [0.5, 0.6) is 0 Å². The third kappa shape index (κ3) is 5.40. The van der Waals surface area contributed by atoms with E-state index in [0.717, 1.165) is 0 Å². The summed E-state index contributed by atoms with van der Waals surface area (Å²) in [5.74, 6) is -0.767. The zero-order valence-electron chi connectivity index (χ0n) is 9.05. The van der Waals surface area contributed by atoms with Crippen molar-refractivity contribution in [2.45, 2.75) is 38.5 Å². The van der Waals surface area contributed by atoms with Crippen LogP contribution < -0.4 is 5.32 Å². The van der Waals surface area contributed by atoms with E-state index in [1.165, 1.54) is 0 Å². The van der Waals surface area contributed by atoms with Gasteiger partial charge in [0.2, 0.25) is 0 Å². The third-order valence-electron chi connectivity index (χ3n) is 2.03. The number of carbonyl (C=O) groups is 1. The lowest BCUT2D eigenvalue weighted by Crippen LogP contribution is -2.44. The van der Waals surface area contributed by atoms with Crippen LogP contribution in [0.3, 0.4) is 0 Å². The largest absolute Gasteiger partial charge is 0.349 e. The van der Waals surface area contributed by atoms with Crippen LogP contribution in [0.1, 0.15) is 20.8 Å². The highest BCUT2D eigenvalue weighted by atomic mass is 35.5. The Balaban J connectivity index is 3.86. The number of rotatable bonds is 5. The molecule has 0 saturated heterocycles. The fourth-order valence-corrected chi connectivity index (χ4v) is 1.06. The van der Waals surface area contributed by atoms with Gasteiger partial charge in [0.25, 0.3) is 11.5 Å². The quantitative estimate of drug-likeness (QED) is 0.716. The van der Waals surface area contributed by atoms with Gasteiger partial charge in [0, 0.05) is 18.6 Å². The van der Waals surface area contributed by atoms with Crippen molar-refractivity contribution in [3.05, 3.63) is 0 Å². The highest BCUT2D eigenvalue weighted by molar-refractivity contribution is 6.29. The summed E-state index contributed by atoms with van der Waals surface area (Å²) >= 11 is 4.98. The van der Waals surface area contributed by atoms with Crippen molar-refractivity contribution < 1.29 is 9.18 Å². The Bertz CT molecular complexity index is 188. The Hall–Kier alpha value is -0.350. The molecule has 0 aliphatic rings. The zero-order chi connectivity index (χ0) is 11.3. The number of hydrogen-bond donors (Lipinski definition) is 1. The summed E-state index contributed by atoms with van der Waals surface area (Å²) < 4.78 is 12.3. The lowest BCUT2D eigenvalue weighted by molar-refractivity contribution is -0.124. The molecule has 14 heavy (non-hydrogen) atoms. The maximum Gasteiger partial charge on any atom is 0.270 e. The Kier molecular flexibility index (Phi) is 6.04. The zero-order valence-corrected chi connectivity index (χ0v) is 9.81. The van der Waals surface area contributed by atoms with E-state index in [0.29, 0.717) is 12.6 Å². The summed E-state index contributed by atoms with van der Waals surface area (Å²) in [7, 11) is 1.95. The van der Waals surface area contributed by atoms with Gasteiger partial charge in [-0.3, -0.25) is 4.79 Å². The molecule has 0 radical (unpaired) electrons. The first-order valence-corrected chi connectivity index (χ1v) is 5.07. The lowest BCUT2D eigenvalue weighted by atomic mass is 10.2. The van der Waals surface area contributed by atoms with E-state index in [4.69, 9.17) is 11.6 Å². The minimum atomic E-state index is -1.96. The van der Waals surface area contributed by atoms with Gasteiger partial charge < -0.3 is 10.2 Å². The van der Waals surface area contributed by atoms with E-state index in [9.17, 15) is 9.18 Å². The molecule has 1 N–H and O–H groups in total. The Morgan fingerprint density at radius 2 is 2.00 bits per heavy atom. The fourth-order valence-electron chi connectivity index (χ4n) is 0.994. The minimum Gasteiger partial charge on any atom is -0.349 e. The molecule has 0 rings (SSSR count). The van der Waals surface area contributed by atoms with Gasteiger partial charge in [0.05, 0.1) is 0 Å². The van der Waals surface area contributed by atoms with Crippen molar-refractivity contribution >= 4 is 17.5 Å². The number of hydrogen-bond acceptors (Lipinski definition) is 2. The van der Waals surface area contributed by atoms with Crippen LogP contribution in [0.4, 0.5) is 4.39 Å². The molecule has 1 unspecified atom stereocenters. The van der Waals surface area contributed by atoms with Gasteiger partial charge in [-0.1, -0.05) is 11.6 Å². The molecular weight excluding hydrogens is 207 g/mol. The average molecular weight is 225 g/mol. The van der Waals surface area contributed by atoms with Crippen LogP contribution >= 0.6 is 11.6 Å². The van der Waals surface area contributed by atoms with E-state index in [2.05, 4.69) is 10.2 Å². The molecule has 1 amide bonds. The number of nitrogens with zero attached hydrogens (tertiary/aromatic N) is 1. The molecule has 0 heterocycles. The number of likely N-dealkylation sites (N-methyl/N-ethyl adjacent to an activating group) is 1. The first-order valence-electron chi connectivity index (χ1n) is 4.63. The van der Waals surface area contributed by atoms with Crippen molar-refractivity contribution in [2.75, 3.05) is 13.6 Å².